The van der Waals surface area contributed by atoms with Crippen LogP contribution in [0, 0.1) is 5.92 Å². The molecule has 0 aliphatic heterocycles. The van der Waals surface area contributed by atoms with Gasteiger partial charge in [-0.25, -0.2) is 0 Å². The average molecular weight is 241 g/mol. The van der Waals surface area contributed by atoms with E-state index in [0.717, 1.165) is 29.8 Å². The summed E-state index contributed by atoms with van der Waals surface area (Å²) in [4.78, 5) is 11.1. The Bertz CT molecular complexity index is 549. The molecular weight excluding hydrogens is 222 g/mol. The number of aromatic nitrogens is 1. The van der Waals surface area contributed by atoms with E-state index in [-0.39, 0.29) is 0 Å². The molecule has 3 rings (SSSR count). The molecule has 1 saturated carbocycles. The van der Waals surface area contributed by atoms with Gasteiger partial charge < -0.3 is 4.57 Å². The van der Waals surface area contributed by atoms with Crippen molar-refractivity contribution in [3.05, 3.63) is 36.0 Å². The molecule has 0 saturated heterocycles. The standard InChI is InChI=1S/C16H19NO/c18-12-15-8-4-7-14-9-10-17(16(14)15)11-13-5-2-1-3-6-13/h4,7-10,12-13H,1-3,5-6,11H2. The predicted molar refractivity (Wildman–Crippen MR) is 73.9 cm³/mol. The molecule has 0 radical (unpaired) electrons. The molecule has 1 aromatic carbocycles. The number of fused-ring (bicyclic) bond motifs is 1. The molecular formula is C16H19NO. The Kier molecular flexibility index (Phi) is 3.18. The first-order valence-electron chi connectivity index (χ1n) is 6.91. The first-order chi connectivity index (χ1) is 8.88. The first kappa shape index (κ1) is 11.5. The second-order valence-corrected chi connectivity index (χ2v) is 5.38. The second-order valence-electron chi connectivity index (χ2n) is 5.38. The molecule has 1 aliphatic carbocycles. The van der Waals surface area contributed by atoms with Crippen LogP contribution in [0.3, 0.4) is 0 Å². The maximum atomic E-state index is 11.1. The van der Waals surface area contributed by atoms with Gasteiger partial charge in [0.25, 0.3) is 0 Å². The molecule has 1 fully saturated rings. The number of benzene rings is 1. The lowest BCUT2D eigenvalue weighted by atomic mass is 9.89. The first-order valence-corrected chi connectivity index (χ1v) is 6.91. The zero-order valence-corrected chi connectivity index (χ0v) is 10.6. The number of hydrogen-bond acceptors (Lipinski definition) is 1. The van der Waals surface area contributed by atoms with Crippen molar-refractivity contribution in [1.29, 1.82) is 0 Å². The van der Waals surface area contributed by atoms with Gasteiger partial charge in [-0.1, -0.05) is 31.4 Å². The van der Waals surface area contributed by atoms with Gasteiger partial charge in [0.15, 0.2) is 6.29 Å². The molecule has 1 heterocycles. The number of aldehydes is 1. The van der Waals surface area contributed by atoms with Crippen LogP contribution >= 0.6 is 0 Å². The summed E-state index contributed by atoms with van der Waals surface area (Å²) in [6.45, 7) is 1.06. The Morgan fingerprint density at radius 2 is 2.00 bits per heavy atom. The summed E-state index contributed by atoms with van der Waals surface area (Å²) in [5.74, 6) is 0.786. The molecule has 2 aromatic rings. The van der Waals surface area contributed by atoms with E-state index in [1.165, 1.54) is 37.5 Å². The van der Waals surface area contributed by atoms with Gasteiger partial charge in [-0.2, -0.15) is 0 Å². The van der Waals surface area contributed by atoms with Gasteiger partial charge in [0.05, 0.1) is 5.52 Å². The molecule has 0 spiro atoms. The molecule has 0 unspecified atom stereocenters. The number of carbonyl (C=O) groups excluding carboxylic acids is 1. The summed E-state index contributed by atoms with van der Waals surface area (Å²) < 4.78 is 2.27. The van der Waals surface area contributed by atoms with Crippen LogP contribution in [0.4, 0.5) is 0 Å². The van der Waals surface area contributed by atoms with E-state index in [2.05, 4.69) is 22.9 Å². The van der Waals surface area contributed by atoms with Crippen LogP contribution in [0.25, 0.3) is 10.9 Å². The van der Waals surface area contributed by atoms with E-state index in [0.29, 0.717) is 0 Å². The molecule has 0 atom stereocenters. The maximum Gasteiger partial charge on any atom is 0.152 e. The second kappa shape index (κ2) is 4.97. The van der Waals surface area contributed by atoms with Gasteiger partial charge >= 0.3 is 0 Å². The lowest BCUT2D eigenvalue weighted by Crippen LogP contribution is -2.13. The lowest BCUT2D eigenvalue weighted by molar-refractivity contribution is 0.112. The predicted octanol–water partition coefficient (Wildman–Crippen LogP) is 4.03. The van der Waals surface area contributed by atoms with Crippen LogP contribution < -0.4 is 0 Å². The third-order valence-electron chi connectivity index (χ3n) is 4.13. The van der Waals surface area contributed by atoms with Crippen LogP contribution in [-0.4, -0.2) is 10.9 Å². The fraction of sp³-hybridized carbons (Fsp3) is 0.438. The average Bonchev–Trinajstić information content (AvgIpc) is 2.83. The Labute approximate surface area is 108 Å². The minimum atomic E-state index is 0.786. The van der Waals surface area contributed by atoms with E-state index in [9.17, 15) is 4.79 Å². The summed E-state index contributed by atoms with van der Waals surface area (Å²) in [5, 5.41) is 1.18. The fourth-order valence-corrected chi connectivity index (χ4v) is 3.19. The van der Waals surface area contributed by atoms with Gasteiger partial charge in [0.2, 0.25) is 0 Å². The van der Waals surface area contributed by atoms with Crippen molar-refractivity contribution in [2.24, 2.45) is 5.92 Å². The third kappa shape index (κ3) is 2.07. The molecule has 2 heteroatoms. The zero-order chi connectivity index (χ0) is 12.4. The number of para-hydroxylation sites is 1. The molecule has 0 amide bonds. The van der Waals surface area contributed by atoms with E-state index in [1.54, 1.807) is 0 Å². The van der Waals surface area contributed by atoms with Crippen LogP contribution in [0.15, 0.2) is 30.5 Å². The highest BCUT2D eigenvalue weighted by Crippen LogP contribution is 2.27. The maximum absolute atomic E-state index is 11.1. The Balaban J connectivity index is 1.93. The van der Waals surface area contributed by atoms with E-state index in [1.807, 2.05) is 12.1 Å². The molecule has 0 N–H and O–H groups in total. The van der Waals surface area contributed by atoms with Crippen molar-refractivity contribution in [2.75, 3.05) is 0 Å². The van der Waals surface area contributed by atoms with Gasteiger partial charge in [0, 0.05) is 23.7 Å². The Morgan fingerprint density at radius 1 is 1.17 bits per heavy atom. The van der Waals surface area contributed by atoms with E-state index >= 15 is 0 Å². The lowest BCUT2D eigenvalue weighted by Gasteiger charge is -2.22. The van der Waals surface area contributed by atoms with Crippen LogP contribution in [0.2, 0.25) is 0 Å². The Hall–Kier alpha value is -1.57. The van der Waals surface area contributed by atoms with Crippen molar-refractivity contribution in [1.82, 2.24) is 4.57 Å². The monoisotopic (exact) mass is 241 g/mol. The molecule has 2 nitrogen and oxygen atoms in total. The summed E-state index contributed by atoms with van der Waals surface area (Å²) in [6.07, 6.45) is 9.90. The van der Waals surface area contributed by atoms with Crippen molar-refractivity contribution in [2.45, 2.75) is 38.6 Å². The molecule has 0 bridgehead atoms. The van der Waals surface area contributed by atoms with Crippen molar-refractivity contribution in [3.8, 4) is 0 Å². The van der Waals surface area contributed by atoms with Crippen LogP contribution in [-0.2, 0) is 6.54 Å². The SMILES string of the molecule is O=Cc1cccc2ccn(CC3CCCCC3)c12. The van der Waals surface area contributed by atoms with Gasteiger partial charge in [0.1, 0.15) is 0 Å². The van der Waals surface area contributed by atoms with Crippen LogP contribution in [0.1, 0.15) is 42.5 Å². The summed E-state index contributed by atoms with van der Waals surface area (Å²) in [5.41, 5.74) is 1.92. The number of rotatable bonds is 3. The van der Waals surface area contributed by atoms with Gasteiger partial charge in [-0.3, -0.25) is 4.79 Å². The van der Waals surface area contributed by atoms with Crippen molar-refractivity contribution in [3.63, 3.8) is 0 Å². The highest BCUT2D eigenvalue weighted by Gasteiger charge is 2.15. The quantitative estimate of drug-likeness (QED) is 0.743. The number of hydrogen-bond donors (Lipinski definition) is 0. The fourth-order valence-electron chi connectivity index (χ4n) is 3.19. The molecule has 1 aromatic heterocycles. The minimum Gasteiger partial charge on any atom is -0.347 e. The van der Waals surface area contributed by atoms with E-state index < -0.39 is 0 Å². The van der Waals surface area contributed by atoms with Crippen molar-refractivity contribution >= 4 is 17.2 Å². The molecule has 94 valence electrons. The normalized spacial score (nSPS) is 17.1. The largest absolute Gasteiger partial charge is 0.347 e. The zero-order valence-electron chi connectivity index (χ0n) is 10.6. The van der Waals surface area contributed by atoms with Crippen LogP contribution in [0.5, 0.6) is 0 Å². The number of nitrogens with zero attached hydrogens (tertiary/aromatic N) is 1. The van der Waals surface area contributed by atoms with Gasteiger partial charge in [-0.15, -0.1) is 0 Å². The molecule has 18 heavy (non-hydrogen) atoms. The summed E-state index contributed by atoms with van der Waals surface area (Å²) in [6, 6.07) is 8.06. The third-order valence-corrected chi connectivity index (χ3v) is 4.13. The van der Waals surface area contributed by atoms with Gasteiger partial charge in [-0.05, 0) is 30.9 Å². The smallest absolute Gasteiger partial charge is 0.152 e. The highest BCUT2D eigenvalue weighted by atomic mass is 16.1. The Morgan fingerprint density at radius 3 is 2.78 bits per heavy atom. The summed E-state index contributed by atoms with van der Waals surface area (Å²) in [7, 11) is 0. The number of carbonyl (C=O) groups is 1. The van der Waals surface area contributed by atoms with E-state index in [4.69, 9.17) is 0 Å². The molecule has 1 aliphatic rings. The van der Waals surface area contributed by atoms with Crippen molar-refractivity contribution < 1.29 is 4.79 Å². The summed E-state index contributed by atoms with van der Waals surface area (Å²) >= 11 is 0. The minimum absolute atomic E-state index is 0.786. The highest BCUT2D eigenvalue weighted by molar-refractivity contribution is 5.96. The topological polar surface area (TPSA) is 22.0 Å².